The number of nitrogens with one attached hydrogen (secondary N) is 2. The van der Waals surface area contributed by atoms with E-state index < -0.39 is 11.8 Å². The molecule has 84 valence electrons. The first-order chi connectivity index (χ1) is 7.61. The van der Waals surface area contributed by atoms with Crippen LogP contribution in [0.5, 0.6) is 0 Å². The highest BCUT2D eigenvalue weighted by Gasteiger charge is 1.99. The third-order valence-electron chi connectivity index (χ3n) is 1.30. The number of carbonyl (C=O) groups excluding carboxylic acids is 2. The average molecular weight is 224 g/mol. The first-order valence-electron chi connectivity index (χ1n) is 3.91. The second-order valence-corrected chi connectivity index (χ2v) is 2.40. The third kappa shape index (κ3) is 3.17. The SMILES string of the molecule is NC(=O)c1ncn[nH]1.NC(=O)c1ncn[nH]1. The van der Waals surface area contributed by atoms with Crippen LogP contribution in [0, 0.1) is 0 Å². The molecule has 2 amide bonds. The molecule has 0 radical (unpaired) electrons. The number of hydrogen-bond donors (Lipinski definition) is 4. The Hall–Kier alpha value is -2.78. The quantitative estimate of drug-likeness (QED) is 0.451. The van der Waals surface area contributed by atoms with Gasteiger partial charge in [-0.05, 0) is 0 Å². The Kier molecular flexibility index (Phi) is 3.66. The molecule has 0 fully saturated rings. The van der Waals surface area contributed by atoms with E-state index in [0.717, 1.165) is 0 Å². The molecule has 16 heavy (non-hydrogen) atoms. The predicted molar refractivity (Wildman–Crippen MR) is 49.8 cm³/mol. The number of nitrogens with two attached hydrogens (primary N) is 2. The fourth-order valence-corrected chi connectivity index (χ4v) is 0.648. The largest absolute Gasteiger partial charge is 0.363 e. The molecule has 0 atom stereocenters. The molecule has 10 heteroatoms. The van der Waals surface area contributed by atoms with Crippen molar-refractivity contribution < 1.29 is 9.59 Å². The highest BCUT2D eigenvalue weighted by molar-refractivity contribution is 5.88. The standard InChI is InChI=1S/2C3H4N4O/c2*4-2(8)3-5-1-6-7-3/h2*1H,(H2,4,8)(H,5,6,7). The molecule has 0 aromatic carbocycles. The molecule has 10 nitrogen and oxygen atoms in total. The summed E-state index contributed by atoms with van der Waals surface area (Å²) in [5.41, 5.74) is 9.57. The Bertz CT molecular complexity index is 403. The van der Waals surface area contributed by atoms with Crippen molar-refractivity contribution in [1.29, 1.82) is 0 Å². The Balaban J connectivity index is 0.000000160. The van der Waals surface area contributed by atoms with Gasteiger partial charge in [-0.25, -0.2) is 9.97 Å². The molecule has 2 aromatic rings. The van der Waals surface area contributed by atoms with Crippen LogP contribution in [0.3, 0.4) is 0 Å². The van der Waals surface area contributed by atoms with E-state index in [1.54, 1.807) is 0 Å². The molecule has 2 rings (SSSR count). The van der Waals surface area contributed by atoms with Crippen molar-refractivity contribution in [2.75, 3.05) is 0 Å². The van der Waals surface area contributed by atoms with Crippen molar-refractivity contribution in [1.82, 2.24) is 30.4 Å². The lowest BCUT2D eigenvalue weighted by atomic mass is 10.6. The van der Waals surface area contributed by atoms with Crippen molar-refractivity contribution in [3.63, 3.8) is 0 Å². The van der Waals surface area contributed by atoms with Crippen LogP contribution in [0.25, 0.3) is 0 Å². The smallest absolute Gasteiger partial charge is 0.286 e. The molecular formula is C6H8N8O2. The summed E-state index contributed by atoms with van der Waals surface area (Å²) in [5, 5.41) is 11.4. The van der Waals surface area contributed by atoms with Crippen LogP contribution in [-0.4, -0.2) is 42.2 Å². The van der Waals surface area contributed by atoms with Crippen molar-refractivity contribution in [3.8, 4) is 0 Å². The second-order valence-electron chi connectivity index (χ2n) is 2.40. The highest BCUT2D eigenvalue weighted by atomic mass is 16.1. The summed E-state index contributed by atoms with van der Waals surface area (Å²) in [5.74, 6) is -1.01. The minimum absolute atomic E-state index is 0.0880. The lowest BCUT2D eigenvalue weighted by Gasteiger charge is -1.78. The summed E-state index contributed by atoms with van der Waals surface area (Å²) >= 11 is 0. The number of hydrogen-bond acceptors (Lipinski definition) is 6. The minimum Gasteiger partial charge on any atom is -0.363 e. The van der Waals surface area contributed by atoms with Crippen LogP contribution in [0.4, 0.5) is 0 Å². The lowest BCUT2D eigenvalue weighted by Crippen LogP contribution is -2.12. The second kappa shape index (κ2) is 5.19. The highest BCUT2D eigenvalue weighted by Crippen LogP contribution is 1.79. The van der Waals surface area contributed by atoms with Gasteiger partial charge in [0.1, 0.15) is 12.7 Å². The molecule has 0 bridgehead atoms. The van der Waals surface area contributed by atoms with E-state index in [-0.39, 0.29) is 11.6 Å². The van der Waals surface area contributed by atoms with Gasteiger partial charge in [-0.15, -0.1) is 0 Å². The van der Waals surface area contributed by atoms with Gasteiger partial charge < -0.3 is 11.5 Å². The van der Waals surface area contributed by atoms with E-state index in [2.05, 4.69) is 30.4 Å². The van der Waals surface area contributed by atoms with Crippen molar-refractivity contribution >= 4 is 11.8 Å². The van der Waals surface area contributed by atoms with E-state index in [9.17, 15) is 9.59 Å². The molecule has 2 aromatic heterocycles. The van der Waals surface area contributed by atoms with E-state index >= 15 is 0 Å². The molecular weight excluding hydrogens is 216 g/mol. The Labute approximate surface area is 88.5 Å². The number of rotatable bonds is 2. The minimum atomic E-state index is -0.595. The van der Waals surface area contributed by atoms with Crippen LogP contribution in [0.2, 0.25) is 0 Å². The average Bonchev–Trinajstić information content (AvgIpc) is 2.93. The maximum Gasteiger partial charge on any atom is 0.286 e. The summed E-state index contributed by atoms with van der Waals surface area (Å²) in [7, 11) is 0. The van der Waals surface area contributed by atoms with Crippen LogP contribution >= 0.6 is 0 Å². The number of H-pyrrole nitrogens is 2. The summed E-state index contributed by atoms with van der Waals surface area (Å²) in [6, 6.07) is 0. The monoisotopic (exact) mass is 224 g/mol. The van der Waals surface area contributed by atoms with Gasteiger partial charge in [0.05, 0.1) is 0 Å². The van der Waals surface area contributed by atoms with Crippen LogP contribution in [0.1, 0.15) is 21.2 Å². The molecule has 6 N–H and O–H groups in total. The zero-order valence-electron chi connectivity index (χ0n) is 7.91. The maximum absolute atomic E-state index is 10.2. The third-order valence-corrected chi connectivity index (χ3v) is 1.30. The summed E-state index contributed by atoms with van der Waals surface area (Å²) in [6.07, 6.45) is 2.44. The van der Waals surface area contributed by atoms with Gasteiger partial charge in [-0.2, -0.15) is 10.2 Å². The predicted octanol–water partition coefficient (Wildman–Crippen LogP) is -2.19. The number of primary amides is 2. The van der Waals surface area contributed by atoms with Crippen molar-refractivity contribution in [2.24, 2.45) is 11.5 Å². The molecule has 0 saturated carbocycles. The molecule has 0 aliphatic heterocycles. The van der Waals surface area contributed by atoms with Gasteiger partial charge in [-0.1, -0.05) is 0 Å². The van der Waals surface area contributed by atoms with Gasteiger partial charge in [0.15, 0.2) is 0 Å². The summed E-state index contributed by atoms with van der Waals surface area (Å²) in [6.45, 7) is 0. The number of nitrogens with zero attached hydrogens (tertiary/aromatic N) is 4. The van der Waals surface area contributed by atoms with Gasteiger partial charge in [0.2, 0.25) is 11.6 Å². The summed E-state index contributed by atoms with van der Waals surface area (Å²) < 4.78 is 0. The normalized spacial score (nSPS) is 9.00. The molecule has 2 heterocycles. The number of aromatic nitrogens is 6. The van der Waals surface area contributed by atoms with Gasteiger partial charge in [0, 0.05) is 0 Å². The lowest BCUT2D eigenvalue weighted by molar-refractivity contribution is 0.0982. The topological polar surface area (TPSA) is 169 Å². The first-order valence-corrected chi connectivity index (χ1v) is 3.91. The number of aromatic amines is 2. The first kappa shape index (κ1) is 11.3. The number of carbonyl (C=O) groups is 2. The van der Waals surface area contributed by atoms with Crippen molar-refractivity contribution in [3.05, 3.63) is 24.3 Å². The van der Waals surface area contributed by atoms with Gasteiger partial charge in [-0.3, -0.25) is 19.8 Å². The fourth-order valence-electron chi connectivity index (χ4n) is 0.648. The Morgan fingerprint density at radius 2 is 1.31 bits per heavy atom. The van der Waals surface area contributed by atoms with Gasteiger partial charge in [0.25, 0.3) is 11.8 Å². The molecule has 0 unspecified atom stereocenters. The van der Waals surface area contributed by atoms with Crippen LogP contribution < -0.4 is 11.5 Å². The summed E-state index contributed by atoms with van der Waals surface area (Å²) in [4.78, 5) is 27.3. The zero-order chi connectivity index (χ0) is 12.0. The molecule has 0 saturated heterocycles. The maximum atomic E-state index is 10.2. The molecule has 0 aliphatic carbocycles. The van der Waals surface area contributed by atoms with Crippen LogP contribution in [0.15, 0.2) is 12.7 Å². The van der Waals surface area contributed by atoms with E-state index in [0.29, 0.717) is 0 Å². The Morgan fingerprint density at radius 3 is 1.44 bits per heavy atom. The number of amides is 2. The van der Waals surface area contributed by atoms with Crippen LogP contribution in [-0.2, 0) is 0 Å². The Morgan fingerprint density at radius 1 is 0.938 bits per heavy atom. The van der Waals surface area contributed by atoms with E-state index in [4.69, 9.17) is 11.5 Å². The van der Waals surface area contributed by atoms with E-state index in [1.807, 2.05) is 0 Å². The fraction of sp³-hybridized carbons (Fsp3) is 0. The molecule has 0 aliphatic rings. The van der Waals surface area contributed by atoms with Crippen molar-refractivity contribution in [2.45, 2.75) is 0 Å². The van der Waals surface area contributed by atoms with Gasteiger partial charge >= 0.3 is 0 Å². The molecule has 0 spiro atoms. The van der Waals surface area contributed by atoms with E-state index in [1.165, 1.54) is 12.7 Å². The zero-order valence-corrected chi connectivity index (χ0v) is 7.91.